The van der Waals surface area contributed by atoms with E-state index in [4.69, 9.17) is 0 Å². The van der Waals surface area contributed by atoms with E-state index in [9.17, 15) is 0 Å². The fraction of sp³-hybridized carbons (Fsp3) is 0.765. The second-order valence-corrected chi connectivity index (χ2v) is 7.36. The predicted octanol–water partition coefficient (Wildman–Crippen LogP) is 5.40. The van der Waals surface area contributed by atoms with E-state index in [1.165, 1.54) is 51.5 Å². The standard InChI is InChI=1S/C17H29NS/c1-14(2)8-5-3-4-6-12-18-17(15-10-11-15)16-9-7-13-19-16/h7,9,13-15,17-18H,3-6,8,10-12H2,1-2H3. The van der Waals surface area contributed by atoms with Crippen LogP contribution >= 0.6 is 11.3 Å². The van der Waals surface area contributed by atoms with Gasteiger partial charge < -0.3 is 5.32 Å². The summed E-state index contributed by atoms with van der Waals surface area (Å²) in [5.41, 5.74) is 0. The Morgan fingerprint density at radius 2 is 2.00 bits per heavy atom. The highest BCUT2D eigenvalue weighted by molar-refractivity contribution is 7.10. The van der Waals surface area contributed by atoms with Crippen molar-refractivity contribution in [3.8, 4) is 0 Å². The minimum absolute atomic E-state index is 0.649. The van der Waals surface area contributed by atoms with Gasteiger partial charge in [-0.2, -0.15) is 0 Å². The van der Waals surface area contributed by atoms with Crippen LogP contribution in [0.4, 0.5) is 0 Å². The predicted molar refractivity (Wildman–Crippen MR) is 85.7 cm³/mol. The second-order valence-electron chi connectivity index (χ2n) is 6.38. The van der Waals surface area contributed by atoms with Crippen LogP contribution in [-0.4, -0.2) is 6.54 Å². The second kappa shape index (κ2) is 8.06. The van der Waals surface area contributed by atoms with Crippen LogP contribution < -0.4 is 5.32 Å². The van der Waals surface area contributed by atoms with Crippen LogP contribution in [0.5, 0.6) is 0 Å². The molecule has 1 N–H and O–H groups in total. The van der Waals surface area contributed by atoms with Crippen molar-refractivity contribution in [1.82, 2.24) is 5.32 Å². The summed E-state index contributed by atoms with van der Waals surface area (Å²) in [6, 6.07) is 5.13. The van der Waals surface area contributed by atoms with Gasteiger partial charge in [-0.15, -0.1) is 11.3 Å². The molecule has 0 aliphatic heterocycles. The normalized spacial score (nSPS) is 17.0. The Morgan fingerprint density at radius 3 is 2.63 bits per heavy atom. The lowest BCUT2D eigenvalue weighted by molar-refractivity contribution is 0.463. The molecule has 0 saturated heterocycles. The molecule has 0 aromatic carbocycles. The number of hydrogen-bond acceptors (Lipinski definition) is 2. The van der Waals surface area contributed by atoms with Gasteiger partial charge in [0.25, 0.3) is 0 Å². The molecule has 0 spiro atoms. The molecule has 19 heavy (non-hydrogen) atoms. The first kappa shape index (κ1) is 15.1. The fourth-order valence-electron chi connectivity index (χ4n) is 2.69. The molecule has 0 amide bonds. The quantitative estimate of drug-likeness (QED) is 0.566. The van der Waals surface area contributed by atoms with E-state index >= 15 is 0 Å². The number of rotatable bonds is 10. The average molecular weight is 279 g/mol. The summed E-state index contributed by atoms with van der Waals surface area (Å²) in [5.74, 6) is 1.79. The molecule has 1 atom stereocenters. The van der Waals surface area contributed by atoms with E-state index in [1.807, 2.05) is 11.3 Å². The third-order valence-electron chi connectivity index (χ3n) is 4.02. The molecule has 0 bridgehead atoms. The molecule has 0 radical (unpaired) electrons. The van der Waals surface area contributed by atoms with Gasteiger partial charge in [-0.3, -0.25) is 0 Å². The van der Waals surface area contributed by atoms with Crippen LogP contribution in [0.2, 0.25) is 0 Å². The zero-order valence-corrected chi connectivity index (χ0v) is 13.3. The summed E-state index contributed by atoms with van der Waals surface area (Å²) in [6.45, 7) is 5.84. The first-order valence-electron chi connectivity index (χ1n) is 8.04. The molecule has 1 saturated carbocycles. The topological polar surface area (TPSA) is 12.0 Å². The Hall–Kier alpha value is -0.340. The smallest absolute Gasteiger partial charge is 0.0443 e. The average Bonchev–Trinajstić information content (AvgIpc) is 3.07. The summed E-state index contributed by atoms with van der Waals surface area (Å²) >= 11 is 1.91. The Bertz CT molecular complexity index is 327. The van der Waals surface area contributed by atoms with Gasteiger partial charge in [-0.05, 0) is 49.1 Å². The van der Waals surface area contributed by atoms with Crippen LogP contribution in [0.15, 0.2) is 17.5 Å². The van der Waals surface area contributed by atoms with E-state index in [-0.39, 0.29) is 0 Å². The highest BCUT2D eigenvalue weighted by Crippen LogP contribution is 2.42. The Labute approximate surface area is 122 Å². The lowest BCUT2D eigenvalue weighted by atomic mass is 10.0. The first-order chi connectivity index (χ1) is 9.27. The molecule has 1 aliphatic carbocycles. The SMILES string of the molecule is CC(C)CCCCCCNC(c1cccs1)C1CC1. The van der Waals surface area contributed by atoms with Crippen molar-refractivity contribution in [3.63, 3.8) is 0 Å². The van der Waals surface area contributed by atoms with E-state index in [1.54, 1.807) is 4.88 Å². The minimum atomic E-state index is 0.649. The molecule has 1 aliphatic rings. The molecule has 1 nitrogen and oxygen atoms in total. The zero-order chi connectivity index (χ0) is 13.5. The largest absolute Gasteiger partial charge is 0.309 e. The summed E-state index contributed by atoms with van der Waals surface area (Å²) < 4.78 is 0. The van der Waals surface area contributed by atoms with Crippen molar-refractivity contribution < 1.29 is 0 Å². The highest BCUT2D eigenvalue weighted by Gasteiger charge is 2.32. The van der Waals surface area contributed by atoms with E-state index in [0.717, 1.165) is 11.8 Å². The third kappa shape index (κ3) is 5.66. The Balaban J connectivity index is 1.56. The molecule has 2 heteroatoms. The first-order valence-corrected chi connectivity index (χ1v) is 8.92. The number of thiophene rings is 1. The van der Waals surface area contributed by atoms with E-state index in [2.05, 4.69) is 36.7 Å². The van der Waals surface area contributed by atoms with Crippen LogP contribution in [-0.2, 0) is 0 Å². The van der Waals surface area contributed by atoms with Gasteiger partial charge in [0, 0.05) is 10.9 Å². The van der Waals surface area contributed by atoms with Crippen molar-refractivity contribution in [2.45, 2.75) is 64.8 Å². The van der Waals surface area contributed by atoms with Gasteiger partial charge in [0.2, 0.25) is 0 Å². The highest BCUT2D eigenvalue weighted by atomic mass is 32.1. The van der Waals surface area contributed by atoms with Crippen molar-refractivity contribution in [3.05, 3.63) is 22.4 Å². The van der Waals surface area contributed by atoms with Gasteiger partial charge in [-0.1, -0.05) is 45.6 Å². The van der Waals surface area contributed by atoms with Gasteiger partial charge in [0.15, 0.2) is 0 Å². The van der Waals surface area contributed by atoms with Gasteiger partial charge in [-0.25, -0.2) is 0 Å². The van der Waals surface area contributed by atoms with Crippen molar-refractivity contribution in [1.29, 1.82) is 0 Å². The van der Waals surface area contributed by atoms with Crippen LogP contribution in [0, 0.1) is 11.8 Å². The van der Waals surface area contributed by atoms with Crippen LogP contribution in [0.3, 0.4) is 0 Å². The fourth-order valence-corrected chi connectivity index (χ4v) is 3.58. The molecule has 2 rings (SSSR count). The molecule has 1 aromatic rings. The Morgan fingerprint density at radius 1 is 1.21 bits per heavy atom. The van der Waals surface area contributed by atoms with Gasteiger partial charge >= 0.3 is 0 Å². The van der Waals surface area contributed by atoms with Crippen LogP contribution in [0.1, 0.15) is 69.7 Å². The molecular formula is C17H29NS. The molecule has 1 aromatic heterocycles. The van der Waals surface area contributed by atoms with E-state index in [0.29, 0.717) is 6.04 Å². The molecule has 108 valence electrons. The summed E-state index contributed by atoms with van der Waals surface area (Å²) in [5, 5.41) is 6.00. The van der Waals surface area contributed by atoms with Crippen molar-refractivity contribution in [2.75, 3.05) is 6.54 Å². The lowest BCUT2D eigenvalue weighted by Gasteiger charge is -2.16. The minimum Gasteiger partial charge on any atom is -0.309 e. The third-order valence-corrected chi connectivity index (χ3v) is 4.97. The molecular weight excluding hydrogens is 250 g/mol. The maximum Gasteiger partial charge on any atom is 0.0443 e. The number of unbranched alkanes of at least 4 members (excludes halogenated alkanes) is 3. The molecule has 1 fully saturated rings. The summed E-state index contributed by atoms with van der Waals surface area (Å²) in [4.78, 5) is 1.54. The van der Waals surface area contributed by atoms with Gasteiger partial charge in [0.05, 0.1) is 0 Å². The maximum atomic E-state index is 3.79. The maximum absolute atomic E-state index is 3.79. The van der Waals surface area contributed by atoms with Crippen LogP contribution in [0.25, 0.3) is 0 Å². The lowest BCUT2D eigenvalue weighted by Crippen LogP contribution is -2.23. The monoisotopic (exact) mass is 279 g/mol. The zero-order valence-electron chi connectivity index (χ0n) is 12.5. The molecule has 1 unspecified atom stereocenters. The van der Waals surface area contributed by atoms with Gasteiger partial charge in [0.1, 0.15) is 0 Å². The van der Waals surface area contributed by atoms with E-state index < -0.39 is 0 Å². The van der Waals surface area contributed by atoms with Crippen molar-refractivity contribution in [2.24, 2.45) is 11.8 Å². The number of hydrogen-bond donors (Lipinski definition) is 1. The summed E-state index contributed by atoms with van der Waals surface area (Å²) in [7, 11) is 0. The number of nitrogens with one attached hydrogen (secondary N) is 1. The summed E-state index contributed by atoms with van der Waals surface area (Å²) in [6.07, 6.45) is 9.79. The Kier molecular flexibility index (Phi) is 6.39. The molecule has 1 heterocycles. The van der Waals surface area contributed by atoms with Crippen molar-refractivity contribution >= 4 is 11.3 Å².